The summed E-state index contributed by atoms with van der Waals surface area (Å²) in [5, 5.41) is 6.08. The highest BCUT2D eigenvalue weighted by molar-refractivity contribution is 7.11. The fraction of sp³-hybridized carbons (Fsp3) is 0.217. The monoisotopic (exact) mass is 389 g/mol. The van der Waals surface area contributed by atoms with Gasteiger partial charge < -0.3 is 0 Å². The van der Waals surface area contributed by atoms with E-state index in [1.54, 1.807) is 17.6 Å². The number of nitrogens with zero attached hydrogens (tertiary/aromatic N) is 2. The molecule has 3 aromatic rings. The SMILES string of the molecule is Cc1ccsc1C=NNC(=O)c1ccc(CN2CCc3ccccc3C2)cc1. The summed E-state index contributed by atoms with van der Waals surface area (Å²) in [4.78, 5) is 15.8. The van der Waals surface area contributed by atoms with Crippen LogP contribution in [0.3, 0.4) is 0 Å². The Bertz CT molecular complexity index is 991. The zero-order valence-corrected chi connectivity index (χ0v) is 16.7. The van der Waals surface area contributed by atoms with Crippen LogP contribution in [-0.2, 0) is 19.5 Å². The van der Waals surface area contributed by atoms with Gasteiger partial charge in [0.05, 0.1) is 6.21 Å². The topological polar surface area (TPSA) is 44.7 Å². The van der Waals surface area contributed by atoms with Crippen molar-refractivity contribution < 1.29 is 4.79 Å². The van der Waals surface area contributed by atoms with Gasteiger partial charge in [-0.05, 0) is 59.2 Å². The van der Waals surface area contributed by atoms with E-state index in [4.69, 9.17) is 0 Å². The van der Waals surface area contributed by atoms with Crippen molar-refractivity contribution in [2.75, 3.05) is 6.54 Å². The van der Waals surface area contributed by atoms with Crippen LogP contribution in [0.15, 0.2) is 65.1 Å². The normalized spacial score (nSPS) is 14.2. The number of carbonyl (C=O) groups is 1. The Hall–Kier alpha value is -2.76. The smallest absolute Gasteiger partial charge is 0.271 e. The Balaban J connectivity index is 1.33. The average molecular weight is 390 g/mol. The molecule has 142 valence electrons. The van der Waals surface area contributed by atoms with Crippen molar-refractivity contribution in [2.45, 2.75) is 26.4 Å². The number of thiophene rings is 1. The lowest BCUT2D eigenvalue weighted by Gasteiger charge is -2.28. The molecule has 0 spiro atoms. The highest BCUT2D eigenvalue weighted by atomic mass is 32.1. The number of hydrogen-bond acceptors (Lipinski definition) is 4. The zero-order chi connectivity index (χ0) is 19.3. The molecule has 5 heteroatoms. The lowest BCUT2D eigenvalue weighted by Crippen LogP contribution is -2.30. The number of amides is 1. The molecule has 4 nitrogen and oxygen atoms in total. The summed E-state index contributed by atoms with van der Waals surface area (Å²) in [6, 6.07) is 18.5. The van der Waals surface area contributed by atoms with Crippen molar-refractivity contribution in [3.8, 4) is 0 Å². The molecule has 1 amide bonds. The quantitative estimate of drug-likeness (QED) is 0.520. The van der Waals surface area contributed by atoms with Crippen LogP contribution < -0.4 is 5.43 Å². The Kier molecular flexibility index (Phi) is 5.65. The first-order valence-electron chi connectivity index (χ1n) is 9.44. The zero-order valence-electron chi connectivity index (χ0n) is 15.9. The highest BCUT2D eigenvalue weighted by Gasteiger charge is 2.15. The molecule has 1 aliphatic rings. The summed E-state index contributed by atoms with van der Waals surface area (Å²) in [6.45, 7) is 4.97. The first-order chi connectivity index (χ1) is 13.7. The van der Waals surface area contributed by atoms with E-state index in [2.05, 4.69) is 39.7 Å². The molecular weight excluding hydrogens is 366 g/mol. The molecule has 0 aliphatic carbocycles. The molecular formula is C23H23N3OS. The van der Waals surface area contributed by atoms with E-state index >= 15 is 0 Å². The number of rotatable bonds is 5. The maximum atomic E-state index is 12.3. The Morgan fingerprint density at radius 3 is 2.68 bits per heavy atom. The number of nitrogens with one attached hydrogen (secondary N) is 1. The van der Waals surface area contributed by atoms with E-state index in [1.165, 1.54) is 16.7 Å². The minimum absolute atomic E-state index is 0.191. The number of fused-ring (bicyclic) bond motifs is 1. The van der Waals surface area contributed by atoms with Gasteiger partial charge in [-0.2, -0.15) is 5.10 Å². The van der Waals surface area contributed by atoms with E-state index in [0.29, 0.717) is 5.56 Å². The minimum Gasteiger partial charge on any atom is -0.294 e. The number of hydrogen-bond donors (Lipinski definition) is 1. The summed E-state index contributed by atoms with van der Waals surface area (Å²) in [7, 11) is 0. The second kappa shape index (κ2) is 8.50. The largest absolute Gasteiger partial charge is 0.294 e. The molecule has 1 aliphatic heterocycles. The van der Waals surface area contributed by atoms with Gasteiger partial charge in [-0.3, -0.25) is 9.69 Å². The van der Waals surface area contributed by atoms with E-state index < -0.39 is 0 Å². The van der Waals surface area contributed by atoms with E-state index in [-0.39, 0.29) is 5.91 Å². The Labute approximate surface area is 169 Å². The summed E-state index contributed by atoms with van der Waals surface area (Å²) < 4.78 is 0. The summed E-state index contributed by atoms with van der Waals surface area (Å²) >= 11 is 1.61. The predicted octanol–water partition coefficient (Wildman–Crippen LogP) is 4.38. The van der Waals surface area contributed by atoms with Crippen LogP contribution in [0.1, 0.15) is 37.5 Å². The fourth-order valence-corrected chi connectivity index (χ4v) is 4.23. The van der Waals surface area contributed by atoms with Crippen molar-refractivity contribution in [3.05, 3.63) is 92.7 Å². The van der Waals surface area contributed by atoms with Gasteiger partial charge in [0.1, 0.15) is 0 Å². The molecule has 2 heterocycles. The van der Waals surface area contributed by atoms with Crippen molar-refractivity contribution >= 4 is 23.5 Å². The van der Waals surface area contributed by atoms with Crippen LogP contribution in [0.4, 0.5) is 0 Å². The van der Waals surface area contributed by atoms with Gasteiger partial charge in [-0.15, -0.1) is 11.3 Å². The summed E-state index contributed by atoms with van der Waals surface area (Å²) in [6.07, 6.45) is 2.79. The van der Waals surface area contributed by atoms with Crippen LogP contribution in [0, 0.1) is 6.92 Å². The van der Waals surface area contributed by atoms with Crippen molar-refractivity contribution in [3.63, 3.8) is 0 Å². The van der Waals surface area contributed by atoms with Crippen LogP contribution in [-0.4, -0.2) is 23.6 Å². The van der Waals surface area contributed by atoms with Crippen molar-refractivity contribution in [2.24, 2.45) is 5.10 Å². The average Bonchev–Trinajstić information content (AvgIpc) is 3.13. The second-order valence-corrected chi connectivity index (χ2v) is 8.04. The van der Waals surface area contributed by atoms with Crippen molar-refractivity contribution in [1.29, 1.82) is 0 Å². The van der Waals surface area contributed by atoms with E-state index in [1.807, 2.05) is 42.6 Å². The van der Waals surface area contributed by atoms with Gasteiger partial charge >= 0.3 is 0 Å². The van der Waals surface area contributed by atoms with E-state index in [0.717, 1.165) is 36.5 Å². The molecule has 0 bridgehead atoms. The van der Waals surface area contributed by atoms with Gasteiger partial charge in [0.2, 0.25) is 0 Å². The number of carbonyl (C=O) groups excluding carboxylic acids is 1. The van der Waals surface area contributed by atoms with Gasteiger partial charge in [0.25, 0.3) is 5.91 Å². The molecule has 0 unspecified atom stereocenters. The molecule has 0 saturated carbocycles. The minimum atomic E-state index is -0.191. The molecule has 0 radical (unpaired) electrons. The fourth-order valence-electron chi connectivity index (χ4n) is 3.44. The third kappa shape index (κ3) is 4.38. The molecule has 0 atom stereocenters. The van der Waals surface area contributed by atoms with Gasteiger partial charge in [0, 0.05) is 30.1 Å². The van der Waals surface area contributed by atoms with Crippen LogP contribution in [0.5, 0.6) is 0 Å². The molecule has 4 rings (SSSR count). The molecule has 1 N–H and O–H groups in total. The highest BCUT2D eigenvalue weighted by Crippen LogP contribution is 2.20. The molecule has 1 aromatic heterocycles. The molecule has 28 heavy (non-hydrogen) atoms. The Morgan fingerprint density at radius 1 is 1.14 bits per heavy atom. The lowest BCUT2D eigenvalue weighted by molar-refractivity contribution is 0.0955. The van der Waals surface area contributed by atoms with Gasteiger partial charge in [0.15, 0.2) is 0 Å². The van der Waals surface area contributed by atoms with Crippen LogP contribution >= 0.6 is 11.3 Å². The van der Waals surface area contributed by atoms with Crippen LogP contribution in [0.25, 0.3) is 0 Å². The third-order valence-corrected chi connectivity index (χ3v) is 6.04. The van der Waals surface area contributed by atoms with Gasteiger partial charge in [-0.25, -0.2) is 5.43 Å². The number of benzene rings is 2. The van der Waals surface area contributed by atoms with Crippen LogP contribution in [0.2, 0.25) is 0 Å². The maximum Gasteiger partial charge on any atom is 0.271 e. The predicted molar refractivity (Wildman–Crippen MR) is 115 cm³/mol. The standard InChI is InChI=1S/C23H23N3OS/c1-17-11-13-28-22(17)14-24-25-23(27)20-8-6-18(7-9-20)15-26-12-10-19-4-2-3-5-21(19)16-26/h2-9,11,13-14H,10,12,15-16H2,1H3,(H,25,27). The molecule has 2 aromatic carbocycles. The van der Waals surface area contributed by atoms with Gasteiger partial charge in [-0.1, -0.05) is 36.4 Å². The number of aryl methyl sites for hydroxylation is 1. The first kappa shape index (κ1) is 18.6. The summed E-state index contributed by atoms with van der Waals surface area (Å²) in [5.74, 6) is -0.191. The Morgan fingerprint density at radius 2 is 1.93 bits per heavy atom. The third-order valence-electron chi connectivity index (χ3n) is 5.08. The first-order valence-corrected chi connectivity index (χ1v) is 10.3. The molecule has 0 fully saturated rings. The number of hydrazone groups is 1. The maximum absolute atomic E-state index is 12.3. The second-order valence-electron chi connectivity index (χ2n) is 7.09. The van der Waals surface area contributed by atoms with E-state index in [9.17, 15) is 4.79 Å². The summed E-state index contributed by atoms with van der Waals surface area (Å²) in [5.41, 5.74) is 8.48. The van der Waals surface area contributed by atoms with Crippen molar-refractivity contribution in [1.82, 2.24) is 10.3 Å². The molecule has 0 saturated heterocycles. The lowest BCUT2D eigenvalue weighted by atomic mass is 9.99.